The number of fused-ring (bicyclic) bond motifs is 1. The predicted molar refractivity (Wildman–Crippen MR) is 108 cm³/mol. The third-order valence-electron chi connectivity index (χ3n) is 4.21. The lowest BCUT2D eigenvalue weighted by molar-refractivity contribution is 0.133. The Labute approximate surface area is 164 Å². The number of hydrogen-bond donors (Lipinski definition) is 2. The van der Waals surface area contributed by atoms with Crippen molar-refractivity contribution in [3.8, 4) is 17.4 Å². The second kappa shape index (κ2) is 6.89. The molecule has 0 bridgehead atoms. The highest BCUT2D eigenvalue weighted by molar-refractivity contribution is 5.74. The van der Waals surface area contributed by atoms with Crippen LogP contribution in [0.3, 0.4) is 0 Å². The Hall–Kier alpha value is -2.96. The maximum absolute atomic E-state index is 10.8. The molecule has 3 aromatic rings. The minimum Gasteiger partial charge on any atom is -0.449 e. The van der Waals surface area contributed by atoms with Gasteiger partial charge in [-0.1, -0.05) is 20.8 Å². The second-order valence-electron chi connectivity index (χ2n) is 8.97. The molecule has 7 nitrogen and oxygen atoms in total. The molecule has 0 aliphatic rings. The molecule has 0 atom stereocenters. The van der Waals surface area contributed by atoms with E-state index in [1.165, 1.54) is 6.07 Å². The summed E-state index contributed by atoms with van der Waals surface area (Å²) in [6, 6.07) is 7.14. The maximum atomic E-state index is 10.8. The van der Waals surface area contributed by atoms with Crippen LogP contribution in [0.5, 0.6) is 5.95 Å². The quantitative estimate of drug-likeness (QED) is 0.557. The van der Waals surface area contributed by atoms with E-state index in [2.05, 4.69) is 44.7 Å². The van der Waals surface area contributed by atoms with Gasteiger partial charge in [0, 0.05) is 17.8 Å². The molecule has 150 valence electrons. The van der Waals surface area contributed by atoms with Crippen LogP contribution in [0.15, 0.2) is 34.9 Å². The van der Waals surface area contributed by atoms with Crippen molar-refractivity contribution in [2.45, 2.75) is 53.5 Å². The minimum atomic E-state index is -1.42. The molecule has 3 heterocycles. The fourth-order valence-corrected chi connectivity index (χ4v) is 3.72. The number of aromatic nitrogens is 2. The van der Waals surface area contributed by atoms with E-state index in [1.807, 2.05) is 29.7 Å². The molecule has 0 aliphatic heterocycles. The van der Waals surface area contributed by atoms with Gasteiger partial charge in [-0.3, -0.25) is 4.40 Å². The zero-order chi connectivity index (χ0) is 20.7. The molecule has 28 heavy (non-hydrogen) atoms. The van der Waals surface area contributed by atoms with Crippen LogP contribution in [0, 0.1) is 12.3 Å². The summed E-state index contributed by atoms with van der Waals surface area (Å²) in [5.41, 5.74) is 2.41. The largest absolute Gasteiger partial charge is 0.513 e. The van der Waals surface area contributed by atoms with Gasteiger partial charge >= 0.3 is 6.16 Å². The van der Waals surface area contributed by atoms with Gasteiger partial charge in [0.15, 0.2) is 5.76 Å². The number of aryl methyl sites for hydroxylation is 1. The van der Waals surface area contributed by atoms with Gasteiger partial charge in [-0.2, -0.15) is 0 Å². The molecular weight excluding hydrogens is 358 g/mol. The van der Waals surface area contributed by atoms with E-state index in [4.69, 9.17) is 14.5 Å². The van der Waals surface area contributed by atoms with Gasteiger partial charge in [0.05, 0.1) is 0 Å². The first kappa shape index (κ1) is 19.8. The molecule has 2 N–H and O–H groups in total. The van der Waals surface area contributed by atoms with Crippen LogP contribution in [0.2, 0.25) is 0 Å². The molecule has 3 aromatic heterocycles. The molecule has 0 saturated heterocycles. The summed E-state index contributed by atoms with van der Waals surface area (Å²) in [4.78, 5) is 15.5. The third-order valence-corrected chi connectivity index (χ3v) is 4.21. The van der Waals surface area contributed by atoms with Crippen LogP contribution < -0.4 is 10.1 Å². The van der Waals surface area contributed by atoms with Crippen LogP contribution in [0.1, 0.15) is 46.6 Å². The Morgan fingerprint density at radius 1 is 1.25 bits per heavy atom. The fraction of sp³-hybridized carbons (Fsp3) is 0.429. The Morgan fingerprint density at radius 2 is 1.96 bits per heavy atom. The van der Waals surface area contributed by atoms with Crippen molar-refractivity contribution < 1.29 is 19.1 Å². The minimum absolute atomic E-state index is 0.0874. The van der Waals surface area contributed by atoms with E-state index in [9.17, 15) is 4.79 Å². The summed E-state index contributed by atoms with van der Waals surface area (Å²) >= 11 is 0. The number of nitrogens with zero attached hydrogens (tertiary/aromatic N) is 2. The van der Waals surface area contributed by atoms with Crippen LogP contribution in [0.25, 0.3) is 17.1 Å². The van der Waals surface area contributed by atoms with E-state index < -0.39 is 6.16 Å². The molecule has 0 spiro atoms. The Bertz CT molecular complexity index is 1010. The molecule has 0 fully saturated rings. The number of rotatable bonds is 5. The highest BCUT2D eigenvalue weighted by Gasteiger charge is 2.28. The standard InChI is InChI=1S/C21H27N3O4/c1-13-9-10-24-15(11-13)22-17(14-7-8-16(27-14)28-19(25)26)18(24)23-21(5,6)12-20(2,3)4/h7-11,23H,12H2,1-6H3,(H,25,26). The van der Waals surface area contributed by atoms with Gasteiger partial charge in [0.1, 0.15) is 17.2 Å². The fourth-order valence-electron chi connectivity index (χ4n) is 3.72. The molecule has 0 aromatic carbocycles. The zero-order valence-electron chi connectivity index (χ0n) is 17.2. The van der Waals surface area contributed by atoms with Crippen LogP contribution >= 0.6 is 0 Å². The highest BCUT2D eigenvalue weighted by Crippen LogP contribution is 2.36. The Balaban J connectivity index is 2.08. The number of pyridine rings is 1. The Morgan fingerprint density at radius 3 is 2.61 bits per heavy atom. The SMILES string of the molecule is Cc1ccn2c(NC(C)(C)CC(C)(C)C)c(-c3ccc(OC(=O)O)o3)nc2c1. The third kappa shape index (κ3) is 4.47. The molecular formula is C21H27N3O4. The normalized spacial score (nSPS) is 12.4. The zero-order valence-corrected chi connectivity index (χ0v) is 17.2. The molecule has 3 rings (SSSR count). The van der Waals surface area contributed by atoms with E-state index in [0.29, 0.717) is 11.5 Å². The van der Waals surface area contributed by atoms with Crippen molar-refractivity contribution >= 4 is 17.6 Å². The molecule has 7 heteroatoms. The van der Waals surface area contributed by atoms with Crippen molar-refractivity contribution in [1.82, 2.24) is 9.38 Å². The predicted octanol–water partition coefficient (Wildman–Crippen LogP) is 5.59. The van der Waals surface area contributed by atoms with Crippen LogP contribution in [0.4, 0.5) is 10.6 Å². The summed E-state index contributed by atoms with van der Waals surface area (Å²) in [6.45, 7) is 12.9. The van der Waals surface area contributed by atoms with Crippen molar-refractivity contribution in [2.75, 3.05) is 5.32 Å². The molecule has 0 unspecified atom stereocenters. The number of ether oxygens (including phenoxy) is 1. The summed E-state index contributed by atoms with van der Waals surface area (Å²) < 4.78 is 12.2. The van der Waals surface area contributed by atoms with Gasteiger partial charge in [-0.05, 0) is 56.4 Å². The monoisotopic (exact) mass is 385 g/mol. The maximum Gasteiger partial charge on any atom is 0.513 e. The number of furan rings is 1. The summed E-state index contributed by atoms with van der Waals surface area (Å²) in [5.74, 6) is 1.14. The first-order valence-electron chi connectivity index (χ1n) is 9.21. The number of carboxylic acid groups (broad SMARTS) is 1. The second-order valence-corrected chi connectivity index (χ2v) is 8.97. The number of nitrogens with one attached hydrogen (secondary N) is 1. The molecule has 0 radical (unpaired) electrons. The van der Waals surface area contributed by atoms with Crippen LogP contribution in [-0.2, 0) is 0 Å². The van der Waals surface area contributed by atoms with Crippen molar-refractivity contribution in [1.29, 1.82) is 0 Å². The molecule has 0 amide bonds. The summed E-state index contributed by atoms with van der Waals surface area (Å²) in [5, 5.41) is 12.4. The number of imidazole rings is 1. The van der Waals surface area contributed by atoms with Gasteiger partial charge < -0.3 is 19.6 Å². The average molecular weight is 385 g/mol. The average Bonchev–Trinajstić information content (AvgIpc) is 3.08. The lowest BCUT2D eigenvalue weighted by atomic mass is 9.82. The number of carbonyl (C=O) groups is 1. The lowest BCUT2D eigenvalue weighted by Gasteiger charge is -2.34. The summed E-state index contributed by atoms with van der Waals surface area (Å²) in [7, 11) is 0. The van der Waals surface area contributed by atoms with E-state index >= 15 is 0 Å². The number of hydrogen-bond acceptors (Lipinski definition) is 5. The number of anilines is 1. The highest BCUT2D eigenvalue weighted by atomic mass is 16.7. The van der Waals surface area contributed by atoms with Crippen molar-refractivity contribution in [3.63, 3.8) is 0 Å². The van der Waals surface area contributed by atoms with Crippen molar-refractivity contribution in [2.24, 2.45) is 5.41 Å². The van der Waals surface area contributed by atoms with Crippen molar-refractivity contribution in [3.05, 3.63) is 36.0 Å². The van der Waals surface area contributed by atoms with Crippen LogP contribution in [-0.4, -0.2) is 26.2 Å². The van der Waals surface area contributed by atoms with E-state index in [-0.39, 0.29) is 16.9 Å². The van der Waals surface area contributed by atoms with Gasteiger partial charge in [0.2, 0.25) is 0 Å². The topological polar surface area (TPSA) is 89.0 Å². The molecule has 0 aliphatic carbocycles. The first-order valence-corrected chi connectivity index (χ1v) is 9.21. The lowest BCUT2D eigenvalue weighted by Crippen LogP contribution is -2.36. The Kier molecular flexibility index (Phi) is 4.87. The van der Waals surface area contributed by atoms with Gasteiger partial charge in [-0.25, -0.2) is 9.78 Å². The summed E-state index contributed by atoms with van der Waals surface area (Å²) in [6.07, 6.45) is 1.48. The van der Waals surface area contributed by atoms with E-state index in [1.54, 1.807) is 6.07 Å². The first-order chi connectivity index (χ1) is 12.9. The smallest absolute Gasteiger partial charge is 0.449 e. The molecule has 0 saturated carbocycles. The van der Waals surface area contributed by atoms with Gasteiger partial charge in [0.25, 0.3) is 5.95 Å². The van der Waals surface area contributed by atoms with E-state index in [0.717, 1.165) is 23.4 Å². The van der Waals surface area contributed by atoms with Gasteiger partial charge in [-0.15, -0.1) is 0 Å².